The van der Waals surface area contributed by atoms with E-state index in [1.54, 1.807) is 7.11 Å². The molecular formula is C13H18O2. The second-order valence-corrected chi connectivity index (χ2v) is 4.74. The van der Waals surface area contributed by atoms with Gasteiger partial charge < -0.3 is 9.47 Å². The molecule has 1 heterocycles. The van der Waals surface area contributed by atoms with Gasteiger partial charge in [-0.05, 0) is 38.0 Å². The highest BCUT2D eigenvalue weighted by molar-refractivity contribution is 5.30. The van der Waals surface area contributed by atoms with Crippen molar-refractivity contribution >= 4 is 0 Å². The van der Waals surface area contributed by atoms with Crippen LogP contribution in [0.5, 0.6) is 5.75 Å². The van der Waals surface area contributed by atoms with Crippen molar-refractivity contribution in [2.45, 2.75) is 31.8 Å². The summed E-state index contributed by atoms with van der Waals surface area (Å²) in [5.41, 5.74) is 1.38. The lowest BCUT2D eigenvalue weighted by Gasteiger charge is -2.15. The molecule has 2 rings (SSSR count). The summed E-state index contributed by atoms with van der Waals surface area (Å²) in [7, 11) is 1.69. The van der Waals surface area contributed by atoms with E-state index in [9.17, 15) is 0 Å². The molecule has 0 radical (unpaired) electrons. The van der Waals surface area contributed by atoms with Gasteiger partial charge in [0.05, 0.1) is 19.3 Å². The molecule has 0 aliphatic carbocycles. The van der Waals surface area contributed by atoms with Crippen LogP contribution in [-0.4, -0.2) is 19.3 Å². The Kier molecular flexibility index (Phi) is 2.70. The van der Waals surface area contributed by atoms with Gasteiger partial charge in [-0.15, -0.1) is 0 Å². The smallest absolute Gasteiger partial charge is 0.118 e. The molecule has 2 heteroatoms. The van der Waals surface area contributed by atoms with Gasteiger partial charge in [0.1, 0.15) is 5.75 Å². The standard InChI is InChI=1S/C13H18O2/c1-13(2)8-11(9-15-13)10-4-6-12(14-3)7-5-10/h4-7,11H,8-9H2,1-3H3. The Bertz CT molecular complexity index is 327. The molecule has 1 aliphatic rings. The van der Waals surface area contributed by atoms with E-state index in [-0.39, 0.29) is 5.60 Å². The largest absolute Gasteiger partial charge is 0.497 e. The summed E-state index contributed by atoms with van der Waals surface area (Å²) in [6.07, 6.45) is 1.10. The van der Waals surface area contributed by atoms with E-state index in [0.717, 1.165) is 18.8 Å². The summed E-state index contributed by atoms with van der Waals surface area (Å²) in [6, 6.07) is 8.30. The van der Waals surface area contributed by atoms with E-state index in [1.807, 2.05) is 12.1 Å². The summed E-state index contributed by atoms with van der Waals surface area (Å²) < 4.78 is 10.9. The summed E-state index contributed by atoms with van der Waals surface area (Å²) in [5.74, 6) is 1.45. The Hall–Kier alpha value is -1.02. The first-order valence-electron chi connectivity index (χ1n) is 5.39. The molecule has 0 saturated carbocycles. The molecule has 0 N–H and O–H groups in total. The van der Waals surface area contributed by atoms with Crippen LogP contribution in [0.2, 0.25) is 0 Å². The summed E-state index contributed by atoms with van der Waals surface area (Å²) in [4.78, 5) is 0. The molecule has 2 nitrogen and oxygen atoms in total. The van der Waals surface area contributed by atoms with Crippen molar-refractivity contribution in [1.82, 2.24) is 0 Å². The van der Waals surface area contributed by atoms with Crippen LogP contribution in [0.1, 0.15) is 31.7 Å². The van der Waals surface area contributed by atoms with Crippen molar-refractivity contribution < 1.29 is 9.47 Å². The molecular weight excluding hydrogens is 188 g/mol. The van der Waals surface area contributed by atoms with Crippen molar-refractivity contribution in [3.63, 3.8) is 0 Å². The van der Waals surface area contributed by atoms with Gasteiger partial charge in [0.15, 0.2) is 0 Å². The van der Waals surface area contributed by atoms with Crippen LogP contribution >= 0.6 is 0 Å². The van der Waals surface area contributed by atoms with Crippen LogP contribution in [0.3, 0.4) is 0 Å². The quantitative estimate of drug-likeness (QED) is 0.740. The molecule has 0 aromatic heterocycles. The molecule has 0 amide bonds. The molecule has 1 aliphatic heterocycles. The molecule has 1 atom stereocenters. The third kappa shape index (κ3) is 2.32. The lowest BCUT2D eigenvalue weighted by atomic mass is 9.92. The number of hydrogen-bond acceptors (Lipinski definition) is 2. The minimum Gasteiger partial charge on any atom is -0.497 e. The zero-order valence-corrected chi connectivity index (χ0v) is 9.62. The fourth-order valence-electron chi connectivity index (χ4n) is 2.13. The first-order chi connectivity index (χ1) is 7.11. The van der Waals surface area contributed by atoms with E-state index < -0.39 is 0 Å². The fourth-order valence-corrected chi connectivity index (χ4v) is 2.13. The minimum absolute atomic E-state index is 0.0323. The van der Waals surface area contributed by atoms with Gasteiger partial charge in [-0.1, -0.05) is 12.1 Å². The monoisotopic (exact) mass is 206 g/mol. The maximum Gasteiger partial charge on any atom is 0.118 e. The minimum atomic E-state index is 0.0323. The lowest BCUT2D eigenvalue weighted by molar-refractivity contribution is 0.0361. The third-order valence-corrected chi connectivity index (χ3v) is 3.00. The van der Waals surface area contributed by atoms with Crippen LogP contribution < -0.4 is 4.74 Å². The van der Waals surface area contributed by atoms with Gasteiger partial charge in [-0.25, -0.2) is 0 Å². The first kappa shape index (κ1) is 10.5. The molecule has 0 bridgehead atoms. The Morgan fingerprint density at radius 2 is 1.93 bits per heavy atom. The van der Waals surface area contributed by atoms with Crippen LogP contribution in [0.25, 0.3) is 0 Å². The Balaban J connectivity index is 2.11. The second-order valence-electron chi connectivity index (χ2n) is 4.74. The van der Waals surface area contributed by atoms with Gasteiger partial charge >= 0.3 is 0 Å². The van der Waals surface area contributed by atoms with Crippen LogP contribution in [0, 0.1) is 0 Å². The molecule has 15 heavy (non-hydrogen) atoms. The zero-order chi connectivity index (χ0) is 10.9. The number of methoxy groups -OCH3 is 1. The number of ether oxygens (including phenoxy) is 2. The van der Waals surface area contributed by atoms with Crippen molar-refractivity contribution in [3.8, 4) is 5.75 Å². The highest BCUT2D eigenvalue weighted by Gasteiger charge is 2.32. The van der Waals surface area contributed by atoms with Gasteiger partial charge in [-0.3, -0.25) is 0 Å². The van der Waals surface area contributed by atoms with E-state index in [4.69, 9.17) is 9.47 Å². The summed E-state index contributed by atoms with van der Waals surface area (Å²) >= 11 is 0. The Morgan fingerprint density at radius 3 is 2.40 bits per heavy atom. The lowest BCUT2D eigenvalue weighted by Crippen LogP contribution is -2.16. The van der Waals surface area contributed by atoms with Crippen molar-refractivity contribution in [2.75, 3.05) is 13.7 Å². The maximum atomic E-state index is 5.73. The zero-order valence-electron chi connectivity index (χ0n) is 9.62. The number of rotatable bonds is 2. The van der Waals surface area contributed by atoms with Crippen molar-refractivity contribution in [1.29, 1.82) is 0 Å². The summed E-state index contributed by atoms with van der Waals surface area (Å²) in [5, 5.41) is 0. The van der Waals surface area contributed by atoms with Gasteiger partial charge in [0, 0.05) is 5.92 Å². The molecule has 1 unspecified atom stereocenters. The second kappa shape index (κ2) is 3.86. The average Bonchev–Trinajstić information content (AvgIpc) is 2.59. The highest BCUT2D eigenvalue weighted by Crippen LogP contribution is 2.36. The Labute approximate surface area is 91.2 Å². The molecule has 0 spiro atoms. The van der Waals surface area contributed by atoms with E-state index >= 15 is 0 Å². The van der Waals surface area contributed by atoms with E-state index in [1.165, 1.54) is 5.56 Å². The maximum absolute atomic E-state index is 5.73. The highest BCUT2D eigenvalue weighted by atomic mass is 16.5. The van der Waals surface area contributed by atoms with Crippen LogP contribution in [0.4, 0.5) is 0 Å². The summed E-state index contributed by atoms with van der Waals surface area (Å²) in [6.45, 7) is 5.13. The van der Waals surface area contributed by atoms with Gasteiger partial charge in [0.25, 0.3) is 0 Å². The normalized spacial score (nSPS) is 24.1. The first-order valence-corrected chi connectivity index (χ1v) is 5.39. The molecule has 1 saturated heterocycles. The SMILES string of the molecule is COc1ccc(C2COC(C)(C)C2)cc1. The molecule has 1 aromatic carbocycles. The third-order valence-electron chi connectivity index (χ3n) is 3.00. The predicted molar refractivity (Wildman–Crippen MR) is 60.4 cm³/mol. The number of hydrogen-bond donors (Lipinski definition) is 0. The van der Waals surface area contributed by atoms with Crippen LogP contribution in [0.15, 0.2) is 24.3 Å². The molecule has 82 valence electrons. The fraction of sp³-hybridized carbons (Fsp3) is 0.538. The topological polar surface area (TPSA) is 18.5 Å². The Morgan fingerprint density at radius 1 is 1.27 bits per heavy atom. The van der Waals surface area contributed by atoms with Gasteiger partial charge in [0.2, 0.25) is 0 Å². The van der Waals surface area contributed by atoms with E-state index in [2.05, 4.69) is 26.0 Å². The van der Waals surface area contributed by atoms with Crippen molar-refractivity contribution in [2.24, 2.45) is 0 Å². The van der Waals surface area contributed by atoms with Crippen LogP contribution in [-0.2, 0) is 4.74 Å². The van der Waals surface area contributed by atoms with E-state index in [0.29, 0.717) is 5.92 Å². The molecule has 1 aromatic rings. The van der Waals surface area contributed by atoms with Gasteiger partial charge in [-0.2, -0.15) is 0 Å². The average molecular weight is 206 g/mol. The predicted octanol–water partition coefficient (Wildman–Crippen LogP) is 2.98. The molecule has 1 fully saturated rings. The van der Waals surface area contributed by atoms with Crippen molar-refractivity contribution in [3.05, 3.63) is 29.8 Å². The number of benzene rings is 1.